The van der Waals surface area contributed by atoms with Gasteiger partial charge in [-0.15, -0.1) is 0 Å². The molecular formula is C16H24N2O2. The van der Waals surface area contributed by atoms with E-state index in [1.807, 2.05) is 20.8 Å². The summed E-state index contributed by atoms with van der Waals surface area (Å²) in [6.45, 7) is 6.87. The zero-order valence-corrected chi connectivity index (χ0v) is 12.9. The predicted octanol–water partition coefficient (Wildman–Crippen LogP) is 2.35. The number of rotatable bonds is 4. The number of carbonyl (C=O) groups is 1. The number of methoxy groups -OCH3 is 1. The van der Waals surface area contributed by atoms with E-state index in [9.17, 15) is 4.79 Å². The fourth-order valence-corrected chi connectivity index (χ4v) is 2.89. The summed E-state index contributed by atoms with van der Waals surface area (Å²) in [5.74, 6) is 1.06. The molecule has 2 heterocycles. The Morgan fingerprint density at radius 1 is 1.45 bits per heavy atom. The number of ether oxygens (including phenoxy) is 1. The number of nitrogens with zero attached hydrogens (tertiary/aromatic N) is 1. The summed E-state index contributed by atoms with van der Waals surface area (Å²) in [7, 11) is 1.66. The van der Waals surface area contributed by atoms with Crippen LogP contribution in [-0.2, 0) is 11.2 Å². The van der Waals surface area contributed by atoms with Gasteiger partial charge in [-0.05, 0) is 46.6 Å². The number of piperidine rings is 1. The van der Waals surface area contributed by atoms with Crippen LogP contribution in [0.4, 0.5) is 0 Å². The molecule has 0 aliphatic carbocycles. The molecular weight excluding hydrogens is 252 g/mol. The van der Waals surface area contributed by atoms with Gasteiger partial charge in [-0.25, -0.2) is 0 Å². The van der Waals surface area contributed by atoms with Crippen molar-refractivity contribution in [2.75, 3.05) is 13.7 Å². The number of nitrogens with one attached hydrogen (secondary N) is 1. The van der Waals surface area contributed by atoms with E-state index < -0.39 is 5.54 Å². The highest BCUT2D eigenvalue weighted by Crippen LogP contribution is 2.26. The van der Waals surface area contributed by atoms with Gasteiger partial charge >= 0.3 is 0 Å². The predicted molar refractivity (Wildman–Crippen MR) is 79.2 cm³/mol. The lowest BCUT2D eigenvalue weighted by atomic mass is 9.84. The minimum atomic E-state index is -0.398. The van der Waals surface area contributed by atoms with Gasteiger partial charge in [0, 0.05) is 17.3 Å². The van der Waals surface area contributed by atoms with Crippen LogP contribution in [0.15, 0.2) is 6.20 Å². The van der Waals surface area contributed by atoms with Crippen LogP contribution in [-0.4, -0.2) is 30.0 Å². The largest absolute Gasteiger partial charge is 0.496 e. The zero-order chi connectivity index (χ0) is 14.8. The first-order valence-electron chi connectivity index (χ1n) is 7.25. The summed E-state index contributed by atoms with van der Waals surface area (Å²) in [6, 6.07) is 0. The molecule has 20 heavy (non-hydrogen) atoms. The Morgan fingerprint density at radius 3 is 2.80 bits per heavy atom. The Balaban J connectivity index is 2.19. The Hall–Kier alpha value is -1.42. The molecule has 110 valence electrons. The van der Waals surface area contributed by atoms with Gasteiger partial charge in [0.1, 0.15) is 5.75 Å². The second-order valence-corrected chi connectivity index (χ2v) is 5.86. The molecule has 0 radical (unpaired) electrons. The van der Waals surface area contributed by atoms with E-state index in [-0.39, 0.29) is 5.78 Å². The first kappa shape index (κ1) is 15.0. The molecule has 0 bridgehead atoms. The van der Waals surface area contributed by atoms with Crippen LogP contribution in [0.5, 0.6) is 5.75 Å². The van der Waals surface area contributed by atoms with Crippen LogP contribution < -0.4 is 10.1 Å². The molecule has 1 fully saturated rings. The minimum absolute atomic E-state index is 0.221. The molecule has 0 saturated carbocycles. The summed E-state index contributed by atoms with van der Waals surface area (Å²) >= 11 is 0. The number of pyridine rings is 1. The van der Waals surface area contributed by atoms with E-state index in [0.717, 1.165) is 48.4 Å². The van der Waals surface area contributed by atoms with E-state index in [0.29, 0.717) is 6.42 Å². The third kappa shape index (κ3) is 2.85. The Bertz CT molecular complexity index is 505. The number of carbonyl (C=O) groups excluding carboxylic acids is 1. The molecule has 1 aromatic heterocycles. The summed E-state index contributed by atoms with van der Waals surface area (Å²) in [5, 5.41) is 3.37. The average Bonchev–Trinajstić information content (AvgIpc) is 2.43. The molecule has 1 N–H and O–H groups in total. The normalized spacial score (nSPS) is 22.6. The number of aromatic nitrogens is 1. The highest BCUT2D eigenvalue weighted by atomic mass is 16.5. The first-order valence-corrected chi connectivity index (χ1v) is 7.25. The molecule has 0 amide bonds. The third-order valence-corrected chi connectivity index (χ3v) is 4.31. The summed E-state index contributed by atoms with van der Waals surface area (Å²) in [4.78, 5) is 17.0. The fourth-order valence-electron chi connectivity index (χ4n) is 2.89. The monoisotopic (exact) mass is 276 g/mol. The smallest absolute Gasteiger partial charge is 0.158 e. The Kier molecular flexibility index (Phi) is 4.43. The Labute approximate surface area is 120 Å². The lowest BCUT2D eigenvalue weighted by Crippen LogP contribution is -2.52. The maximum absolute atomic E-state index is 12.6. The number of hydrogen-bond donors (Lipinski definition) is 1. The molecule has 4 heteroatoms. The van der Waals surface area contributed by atoms with Crippen molar-refractivity contribution in [3.05, 3.63) is 23.0 Å². The van der Waals surface area contributed by atoms with Gasteiger partial charge in [0.25, 0.3) is 0 Å². The highest BCUT2D eigenvalue weighted by Gasteiger charge is 2.34. The van der Waals surface area contributed by atoms with E-state index in [1.165, 1.54) is 0 Å². The zero-order valence-electron chi connectivity index (χ0n) is 12.9. The lowest BCUT2D eigenvalue weighted by molar-refractivity contribution is -0.125. The third-order valence-electron chi connectivity index (χ3n) is 4.31. The van der Waals surface area contributed by atoms with Crippen molar-refractivity contribution in [3.8, 4) is 5.75 Å². The molecule has 1 unspecified atom stereocenters. The Morgan fingerprint density at radius 2 is 2.20 bits per heavy atom. The van der Waals surface area contributed by atoms with Crippen molar-refractivity contribution in [1.29, 1.82) is 0 Å². The summed E-state index contributed by atoms with van der Waals surface area (Å²) in [5.41, 5.74) is 2.40. The number of aryl methyl sites for hydroxylation is 1. The molecule has 1 atom stereocenters. The maximum atomic E-state index is 12.6. The number of Topliss-reactive ketones (excluding diaryl/α,β-unsaturated/α-hetero) is 1. The van der Waals surface area contributed by atoms with Crippen LogP contribution in [0.3, 0.4) is 0 Å². The van der Waals surface area contributed by atoms with Gasteiger partial charge in [-0.1, -0.05) is 0 Å². The maximum Gasteiger partial charge on any atom is 0.158 e. The molecule has 1 saturated heterocycles. The van der Waals surface area contributed by atoms with Crippen molar-refractivity contribution < 1.29 is 9.53 Å². The second-order valence-electron chi connectivity index (χ2n) is 5.86. The molecule has 4 nitrogen and oxygen atoms in total. The molecule has 1 aromatic rings. The highest BCUT2D eigenvalue weighted by molar-refractivity contribution is 5.90. The van der Waals surface area contributed by atoms with Crippen molar-refractivity contribution in [2.24, 2.45) is 0 Å². The molecule has 2 rings (SSSR count). The molecule has 1 aliphatic heterocycles. The molecule has 0 aromatic carbocycles. The van der Waals surface area contributed by atoms with Gasteiger partial charge < -0.3 is 10.1 Å². The fraction of sp³-hybridized carbons (Fsp3) is 0.625. The van der Waals surface area contributed by atoms with Crippen LogP contribution in [0.2, 0.25) is 0 Å². The standard InChI is InChI=1S/C16H24N2O2/c1-11-10-17-13(12(2)15(11)20-4)9-14(19)16(3)7-5-6-8-18-16/h10,18H,5-9H2,1-4H3. The summed E-state index contributed by atoms with van der Waals surface area (Å²) < 4.78 is 5.40. The SMILES string of the molecule is COc1c(C)cnc(CC(=O)C2(C)CCCCN2)c1C. The van der Waals surface area contributed by atoms with Crippen molar-refractivity contribution in [3.63, 3.8) is 0 Å². The average molecular weight is 276 g/mol. The van der Waals surface area contributed by atoms with Crippen LogP contribution in [0.1, 0.15) is 43.0 Å². The summed E-state index contributed by atoms with van der Waals surface area (Å²) in [6.07, 6.45) is 5.32. The second kappa shape index (κ2) is 5.92. The van der Waals surface area contributed by atoms with Crippen LogP contribution in [0.25, 0.3) is 0 Å². The van der Waals surface area contributed by atoms with Crippen molar-refractivity contribution in [1.82, 2.24) is 10.3 Å². The van der Waals surface area contributed by atoms with E-state index in [2.05, 4.69) is 10.3 Å². The van der Waals surface area contributed by atoms with Gasteiger partial charge in [0.2, 0.25) is 0 Å². The van der Waals surface area contributed by atoms with Crippen molar-refractivity contribution >= 4 is 5.78 Å². The van der Waals surface area contributed by atoms with E-state index in [1.54, 1.807) is 13.3 Å². The van der Waals surface area contributed by atoms with E-state index in [4.69, 9.17) is 4.74 Å². The van der Waals surface area contributed by atoms with Crippen LogP contribution in [0, 0.1) is 13.8 Å². The van der Waals surface area contributed by atoms with Gasteiger partial charge in [0.15, 0.2) is 5.78 Å². The molecule has 1 aliphatic rings. The van der Waals surface area contributed by atoms with Gasteiger partial charge in [-0.2, -0.15) is 0 Å². The number of hydrogen-bond acceptors (Lipinski definition) is 4. The quantitative estimate of drug-likeness (QED) is 0.917. The van der Waals surface area contributed by atoms with Crippen molar-refractivity contribution in [2.45, 2.75) is 52.0 Å². The topological polar surface area (TPSA) is 51.2 Å². The van der Waals surface area contributed by atoms with E-state index >= 15 is 0 Å². The molecule has 0 spiro atoms. The van der Waals surface area contributed by atoms with Gasteiger partial charge in [0.05, 0.1) is 24.8 Å². The lowest BCUT2D eigenvalue weighted by Gasteiger charge is -2.33. The number of ketones is 1. The first-order chi connectivity index (χ1) is 9.48. The van der Waals surface area contributed by atoms with Gasteiger partial charge in [-0.3, -0.25) is 9.78 Å². The minimum Gasteiger partial charge on any atom is -0.496 e. The van der Waals surface area contributed by atoms with Crippen LogP contribution >= 0.6 is 0 Å².